The molecule has 12 heteroatoms. The molecule has 0 aliphatic heterocycles. The molecule has 1 unspecified atom stereocenters. The van der Waals surface area contributed by atoms with Crippen molar-refractivity contribution >= 4 is 25.6 Å². The Bertz CT molecular complexity index is 879. The van der Waals surface area contributed by atoms with Crippen LogP contribution in [0.1, 0.15) is 55.7 Å². The summed E-state index contributed by atoms with van der Waals surface area (Å²) in [5.41, 5.74) is 2.15. The third-order valence-corrected chi connectivity index (χ3v) is 5.45. The highest BCUT2D eigenvalue weighted by atomic mass is 31.2. The maximum Gasteiger partial charge on any atom is 0.407 e. The summed E-state index contributed by atoms with van der Waals surface area (Å²) in [6.07, 6.45) is 3.37. The van der Waals surface area contributed by atoms with Gasteiger partial charge < -0.3 is 34.3 Å². The zero-order chi connectivity index (χ0) is 27.0. The molecule has 2 amide bonds. The number of nitrogens with one attached hydrogen (secondary N) is 2. The lowest BCUT2D eigenvalue weighted by Crippen LogP contribution is -2.34. The molecule has 1 atom stereocenters. The topological polar surface area (TPSA) is 149 Å². The molecule has 11 nitrogen and oxygen atoms in total. The van der Waals surface area contributed by atoms with E-state index in [-0.39, 0.29) is 32.3 Å². The van der Waals surface area contributed by atoms with Crippen LogP contribution >= 0.6 is 7.60 Å². The number of rotatable bonds is 17. The summed E-state index contributed by atoms with van der Waals surface area (Å²) >= 11 is 0. The second-order valence-corrected chi connectivity index (χ2v) is 10.3. The van der Waals surface area contributed by atoms with Crippen LogP contribution < -0.4 is 15.4 Å². The fourth-order valence-electron chi connectivity index (χ4n) is 3.17. The maximum absolute atomic E-state index is 12.1. The van der Waals surface area contributed by atoms with Gasteiger partial charge in [-0.2, -0.15) is 0 Å². The van der Waals surface area contributed by atoms with Gasteiger partial charge in [-0.15, -0.1) is 0 Å². The van der Waals surface area contributed by atoms with Crippen molar-refractivity contribution in [1.29, 1.82) is 0 Å². The molecule has 1 aromatic carbocycles. The molecule has 0 heterocycles. The monoisotopic (exact) mass is 530 g/mol. The lowest BCUT2D eigenvalue weighted by Gasteiger charge is -2.14. The molecule has 0 saturated heterocycles. The molecule has 0 aliphatic carbocycles. The van der Waals surface area contributed by atoms with E-state index in [4.69, 9.17) is 23.6 Å². The number of hydrogen-bond acceptors (Lipinski definition) is 8. The average Bonchev–Trinajstić information content (AvgIpc) is 2.80. The molecule has 0 saturated carbocycles. The van der Waals surface area contributed by atoms with Crippen molar-refractivity contribution in [3.8, 4) is 5.75 Å². The SMILES string of the molecule is CCCOCC(=O)NCC(=O)Oc1c(C)cc(COC(=O)NCCCCCCOP(C)(=O)O)cc1C. The van der Waals surface area contributed by atoms with Crippen LogP contribution in [0.5, 0.6) is 5.75 Å². The van der Waals surface area contributed by atoms with E-state index in [2.05, 4.69) is 10.6 Å². The Labute approximate surface area is 212 Å². The Morgan fingerprint density at radius 3 is 2.31 bits per heavy atom. The first-order valence-corrected chi connectivity index (χ1v) is 14.0. The number of amides is 2. The molecule has 0 spiro atoms. The number of carbonyl (C=O) groups excluding carboxylic acids is 3. The average molecular weight is 531 g/mol. The van der Waals surface area contributed by atoms with Gasteiger partial charge in [0.1, 0.15) is 25.5 Å². The van der Waals surface area contributed by atoms with Crippen molar-refractivity contribution in [2.75, 3.05) is 39.6 Å². The van der Waals surface area contributed by atoms with Crippen LogP contribution in [0.2, 0.25) is 0 Å². The molecule has 0 fully saturated rings. The minimum Gasteiger partial charge on any atom is -0.445 e. The Morgan fingerprint density at radius 2 is 1.67 bits per heavy atom. The van der Waals surface area contributed by atoms with Crippen LogP contribution in [0.15, 0.2) is 12.1 Å². The summed E-state index contributed by atoms with van der Waals surface area (Å²) in [7, 11) is -3.41. The van der Waals surface area contributed by atoms with Crippen LogP contribution in [0.25, 0.3) is 0 Å². The first kappa shape index (κ1) is 31.6. The van der Waals surface area contributed by atoms with E-state index in [9.17, 15) is 18.9 Å². The Hall–Kier alpha value is -2.46. The lowest BCUT2D eigenvalue weighted by atomic mass is 10.1. The molecule has 3 N–H and O–H groups in total. The summed E-state index contributed by atoms with van der Waals surface area (Å²) < 4.78 is 31.6. The molecule has 1 rings (SSSR count). The fourth-order valence-corrected chi connectivity index (χ4v) is 3.64. The number of aryl methyl sites for hydroxylation is 2. The summed E-state index contributed by atoms with van der Waals surface area (Å²) in [5.74, 6) is -0.586. The molecule has 0 aliphatic rings. The largest absolute Gasteiger partial charge is 0.445 e. The minimum absolute atomic E-state index is 0.0606. The summed E-state index contributed by atoms with van der Waals surface area (Å²) in [6.45, 7) is 7.51. The highest BCUT2D eigenvalue weighted by molar-refractivity contribution is 7.51. The normalized spacial score (nSPS) is 12.5. The van der Waals surface area contributed by atoms with E-state index in [1.807, 2.05) is 6.92 Å². The van der Waals surface area contributed by atoms with Gasteiger partial charge in [-0.1, -0.05) is 19.8 Å². The summed E-state index contributed by atoms with van der Waals surface area (Å²) in [6, 6.07) is 3.54. The van der Waals surface area contributed by atoms with Crippen molar-refractivity contribution in [2.24, 2.45) is 0 Å². The number of unbranched alkanes of at least 4 members (excludes halogenated alkanes) is 3. The van der Waals surface area contributed by atoms with Crippen molar-refractivity contribution < 1.29 is 42.6 Å². The number of alkyl carbamates (subject to hydrolysis) is 1. The standard InChI is InChI=1S/C24H39N2O9P/c1-5-11-32-17-21(27)26-15-22(28)35-23-18(2)13-20(14-19(23)3)16-33-24(29)25-10-8-6-7-9-12-34-36(4,30)31/h13-14H,5-12,15-17H2,1-4H3,(H,25,29)(H,26,27)(H,30,31). The highest BCUT2D eigenvalue weighted by Gasteiger charge is 2.14. The first-order chi connectivity index (χ1) is 17.0. The van der Waals surface area contributed by atoms with Gasteiger partial charge in [0.2, 0.25) is 5.91 Å². The number of esters is 1. The van der Waals surface area contributed by atoms with Gasteiger partial charge in [0.15, 0.2) is 0 Å². The quantitative estimate of drug-likeness (QED) is 0.119. The predicted molar refractivity (Wildman–Crippen MR) is 134 cm³/mol. The molecule has 204 valence electrons. The molecule has 36 heavy (non-hydrogen) atoms. The van der Waals surface area contributed by atoms with E-state index in [0.29, 0.717) is 36.4 Å². The number of ether oxygens (including phenoxy) is 3. The molecular formula is C24H39N2O9P. The zero-order valence-electron chi connectivity index (χ0n) is 21.6. The molecule has 1 aromatic rings. The van der Waals surface area contributed by atoms with Crippen molar-refractivity contribution in [3.05, 3.63) is 28.8 Å². The van der Waals surface area contributed by atoms with Gasteiger partial charge in [0.05, 0.1) is 6.61 Å². The second kappa shape index (κ2) is 17.1. The van der Waals surface area contributed by atoms with Crippen LogP contribution in [0.4, 0.5) is 4.79 Å². The minimum atomic E-state index is -3.41. The summed E-state index contributed by atoms with van der Waals surface area (Å²) in [4.78, 5) is 44.7. The maximum atomic E-state index is 12.1. The number of carbonyl (C=O) groups is 3. The van der Waals surface area contributed by atoms with Gasteiger partial charge >= 0.3 is 19.7 Å². The third kappa shape index (κ3) is 14.8. The number of benzene rings is 1. The van der Waals surface area contributed by atoms with Crippen molar-refractivity contribution in [2.45, 2.75) is 59.5 Å². The fraction of sp³-hybridized carbons (Fsp3) is 0.625. The molecular weight excluding hydrogens is 491 g/mol. The zero-order valence-corrected chi connectivity index (χ0v) is 22.5. The van der Waals surface area contributed by atoms with Gasteiger partial charge in [0, 0.05) is 19.8 Å². The lowest BCUT2D eigenvalue weighted by molar-refractivity contribution is -0.136. The third-order valence-electron chi connectivity index (χ3n) is 4.79. The van der Waals surface area contributed by atoms with E-state index >= 15 is 0 Å². The molecule has 0 bridgehead atoms. The highest BCUT2D eigenvalue weighted by Crippen LogP contribution is 2.36. The Kier molecular flexibility index (Phi) is 15.0. The van der Waals surface area contributed by atoms with Crippen LogP contribution in [-0.2, 0) is 34.8 Å². The summed E-state index contributed by atoms with van der Waals surface area (Å²) in [5, 5.41) is 5.14. The van der Waals surface area contributed by atoms with Crippen molar-refractivity contribution in [3.63, 3.8) is 0 Å². The van der Waals surface area contributed by atoms with E-state index in [1.165, 1.54) is 0 Å². The van der Waals surface area contributed by atoms with Crippen LogP contribution in [0, 0.1) is 13.8 Å². The Balaban J connectivity index is 2.32. The van der Waals surface area contributed by atoms with Gasteiger partial charge in [-0.25, -0.2) is 9.59 Å². The van der Waals surface area contributed by atoms with E-state index in [1.54, 1.807) is 26.0 Å². The Morgan fingerprint density at radius 1 is 1.00 bits per heavy atom. The van der Waals surface area contributed by atoms with Gasteiger partial charge in [-0.05, 0) is 61.9 Å². The van der Waals surface area contributed by atoms with E-state index in [0.717, 1.165) is 37.9 Å². The van der Waals surface area contributed by atoms with Crippen molar-refractivity contribution in [1.82, 2.24) is 10.6 Å². The molecule has 0 radical (unpaired) electrons. The molecule has 0 aromatic heterocycles. The number of hydrogen-bond donors (Lipinski definition) is 3. The van der Waals surface area contributed by atoms with Gasteiger partial charge in [0.25, 0.3) is 0 Å². The van der Waals surface area contributed by atoms with Gasteiger partial charge in [-0.3, -0.25) is 9.36 Å². The van der Waals surface area contributed by atoms with Crippen LogP contribution in [-0.4, -0.2) is 62.4 Å². The first-order valence-electron chi connectivity index (χ1n) is 12.0. The van der Waals surface area contributed by atoms with E-state index < -0.39 is 19.7 Å². The van der Waals surface area contributed by atoms with Crippen LogP contribution in [0.3, 0.4) is 0 Å². The second-order valence-electron chi connectivity index (χ2n) is 8.42. The predicted octanol–water partition coefficient (Wildman–Crippen LogP) is 3.37. The smallest absolute Gasteiger partial charge is 0.407 e.